The van der Waals surface area contributed by atoms with Gasteiger partial charge < -0.3 is 26.4 Å². The molecule has 2 aliphatic rings. The van der Waals surface area contributed by atoms with Gasteiger partial charge in [-0.15, -0.1) is 0 Å². The number of aliphatic hydroxyl groups excluding tert-OH is 3. The van der Waals surface area contributed by atoms with Crippen molar-refractivity contribution in [3.05, 3.63) is 63.4 Å². The fourth-order valence-electron chi connectivity index (χ4n) is 7.11. The first-order chi connectivity index (χ1) is 19.1. The number of carbonyl (C=O) groups excluding carboxylic acids is 1. The lowest BCUT2D eigenvalue weighted by atomic mass is 9.63. The van der Waals surface area contributed by atoms with Gasteiger partial charge in [0.1, 0.15) is 5.82 Å². The lowest BCUT2D eigenvalue weighted by molar-refractivity contribution is -0.126. The van der Waals surface area contributed by atoms with Gasteiger partial charge in [0.15, 0.2) is 0 Å². The summed E-state index contributed by atoms with van der Waals surface area (Å²) in [4.78, 5) is 15.9. The molecule has 7 nitrogen and oxygen atoms in total. The van der Waals surface area contributed by atoms with Crippen molar-refractivity contribution in [3.63, 3.8) is 0 Å². The Morgan fingerprint density at radius 2 is 1.93 bits per heavy atom. The van der Waals surface area contributed by atoms with E-state index in [0.29, 0.717) is 22.9 Å². The Hall–Kier alpha value is -1.94. The molecule has 1 saturated carbocycles. The van der Waals surface area contributed by atoms with E-state index in [-0.39, 0.29) is 42.2 Å². The Bertz CT molecular complexity index is 1180. The number of aliphatic hydroxyl groups is 3. The van der Waals surface area contributed by atoms with Crippen molar-refractivity contribution in [1.82, 2.24) is 10.2 Å². The van der Waals surface area contributed by atoms with E-state index in [2.05, 4.69) is 5.32 Å². The van der Waals surface area contributed by atoms with Crippen LogP contribution in [0.2, 0.25) is 10.0 Å². The molecule has 1 saturated heterocycles. The van der Waals surface area contributed by atoms with Crippen LogP contribution in [-0.4, -0.2) is 71.1 Å². The van der Waals surface area contributed by atoms with Gasteiger partial charge in [-0.1, -0.05) is 61.0 Å². The Morgan fingerprint density at radius 3 is 2.58 bits per heavy atom. The van der Waals surface area contributed by atoms with Gasteiger partial charge in [-0.3, -0.25) is 9.69 Å². The Labute approximate surface area is 245 Å². The summed E-state index contributed by atoms with van der Waals surface area (Å²) >= 11 is 12.5. The first-order valence-electron chi connectivity index (χ1n) is 14.0. The summed E-state index contributed by atoms with van der Waals surface area (Å²) in [6.07, 6.45) is 5.51. The molecule has 6 N–H and O–H groups in total. The van der Waals surface area contributed by atoms with Crippen LogP contribution >= 0.6 is 23.2 Å². The van der Waals surface area contributed by atoms with Crippen LogP contribution in [0.25, 0.3) is 0 Å². The van der Waals surface area contributed by atoms with E-state index < -0.39 is 35.9 Å². The van der Waals surface area contributed by atoms with Crippen molar-refractivity contribution in [2.24, 2.45) is 5.92 Å². The molecule has 0 radical (unpaired) electrons. The molecule has 2 fully saturated rings. The molecular weight excluding hydrogens is 556 g/mol. The maximum Gasteiger partial charge on any atom is 0.238 e. The topological polar surface area (TPSA) is 119 Å². The third-order valence-electron chi connectivity index (χ3n) is 9.04. The predicted molar refractivity (Wildman–Crippen MR) is 156 cm³/mol. The first kappa shape index (κ1) is 31.0. The van der Waals surface area contributed by atoms with Crippen molar-refractivity contribution in [2.45, 2.75) is 74.5 Å². The van der Waals surface area contributed by atoms with Gasteiger partial charge in [0.25, 0.3) is 0 Å². The molecule has 220 valence electrons. The van der Waals surface area contributed by atoms with Crippen LogP contribution in [0.15, 0.2) is 36.4 Å². The highest BCUT2D eigenvalue weighted by molar-refractivity contribution is 6.31. The summed E-state index contributed by atoms with van der Waals surface area (Å²) in [5.74, 6) is -1.03. The van der Waals surface area contributed by atoms with Crippen LogP contribution in [-0.2, 0) is 10.2 Å². The number of anilines is 1. The van der Waals surface area contributed by atoms with E-state index >= 15 is 4.39 Å². The number of nitrogen functional groups attached to an aromatic ring is 1. The molecule has 0 aromatic heterocycles. The first-order valence-corrected chi connectivity index (χ1v) is 14.8. The number of likely N-dealkylation sites (tertiary alicyclic amines) is 1. The van der Waals surface area contributed by atoms with E-state index in [1.807, 2.05) is 18.0 Å². The van der Waals surface area contributed by atoms with Crippen LogP contribution in [0.1, 0.15) is 62.0 Å². The normalized spacial score (nSPS) is 26.3. The Balaban J connectivity index is 1.86. The van der Waals surface area contributed by atoms with Gasteiger partial charge >= 0.3 is 0 Å². The molecule has 1 aliphatic heterocycles. The quantitative estimate of drug-likeness (QED) is 0.248. The second-order valence-corrected chi connectivity index (χ2v) is 12.2. The predicted octanol–water partition coefficient (Wildman–Crippen LogP) is 4.24. The number of carbonyl (C=O) groups is 1. The van der Waals surface area contributed by atoms with Crippen LogP contribution in [0, 0.1) is 11.7 Å². The van der Waals surface area contributed by atoms with Gasteiger partial charge in [-0.05, 0) is 67.6 Å². The highest BCUT2D eigenvalue weighted by Gasteiger charge is 2.61. The number of nitrogens with one attached hydrogen (secondary N) is 1. The summed E-state index contributed by atoms with van der Waals surface area (Å²) < 4.78 is 15.1. The minimum Gasteiger partial charge on any atom is -0.398 e. The van der Waals surface area contributed by atoms with Gasteiger partial charge in [0, 0.05) is 34.6 Å². The van der Waals surface area contributed by atoms with Crippen LogP contribution in [0.3, 0.4) is 0 Å². The Morgan fingerprint density at radius 1 is 1.20 bits per heavy atom. The van der Waals surface area contributed by atoms with E-state index in [4.69, 9.17) is 28.9 Å². The number of benzene rings is 2. The van der Waals surface area contributed by atoms with Gasteiger partial charge in [0.2, 0.25) is 5.91 Å². The van der Waals surface area contributed by atoms with Gasteiger partial charge in [0.05, 0.1) is 30.4 Å². The molecule has 40 heavy (non-hydrogen) atoms. The van der Waals surface area contributed by atoms with Gasteiger partial charge in [-0.25, -0.2) is 4.39 Å². The fourth-order valence-corrected chi connectivity index (χ4v) is 7.48. The molecule has 1 heterocycles. The SMILES string of the molecule is CN1[C@@H](C(=O)NCC[C@@H](O)CO)[C@H](c2cccc(Cl)c2)[C@](CO)(c2cc(F)c(Cl)cc2N)[C@H]1CCC1CCCC1. The fraction of sp³-hybridized carbons (Fsp3) is 0.567. The summed E-state index contributed by atoms with van der Waals surface area (Å²) in [6, 6.07) is 8.74. The molecular formula is C30H40Cl2FN3O4. The number of amides is 1. The molecule has 0 unspecified atom stereocenters. The molecule has 1 amide bonds. The third-order valence-corrected chi connectivity index (χ3v) is 9.56. The zero-order chi connectivity index (χ0) is 29.0. The number of nitrogens with two attached hydrogens (primary N) is 1. The second-order valence-electron chi connectivity index (χ2n) is 11.4. The molecule has 2 aromatic carbocycles. The van der Waals surface area contributed by atoms with E-state index in [1.54, 1.807) is 18.2 Å². The average molecular weight is 597 g/mol. The molecule has 5 atom stereocenters. The lowest BCUT2D eigenvalue weighted by Crippen LogP contribution is -2.47. The number of halogens is 3. The van der Waals surface area contributed by atoms with Crippen LogP contribution in [0.5, 0.6) is 0 Å². The molecule has 0 bridgehead atoms. The van der Waals surface area contributed by atoms with E-state index in [0.717, 1.165) is 24.8 Å². The molecule has 2 aromatic rings. The number of likely N-dealkylation sites (N-methyl/N-ethyl adjacent to an activating group) is 1. The van der Waals surface area contributed by atoms with Gasteiger partial charge in [-0.2, -0.15) is 0 Å². The number of rotatable bonds is 11. The van der Waals surface area contributed by atoms with Crippen molar-refractivity contribution < 1.29 is 24.5 Å². The number of hydrogen-bond donors (Lipinski definition) is 5. The minimum absolute atomic E-state index is 0.112. The summed E-state index contributed by atoms with van der Waals surface area (Å²) in [5.41, 5.74) is 6.75. The number of nitrogens with zero attached hydrogens (tertiary/aromatic N) is 1. The maximum absolute atomic E-state index is 15.1. The summed E-state index contributed by atoms with van der Waals surface area (Å²) in [5, 5.41) is 33.6. The average Bonchev–Trinajstić information content (AvgIpc) is 3.53. The van der Waals surface area contributed by atoms with Crippen LogP contribution in [0.4, 0.5) is 10.1 Å². The molecule has 0 spiro atoms. The second kappa shape index (κ2) is 13.4. The minimum atomic E-state index is -1.15. The standard InChI is InChI=1S/C30H40Cl2FN3O4/c1-36-26(10-9-18-5-2-3-6-18)30(17-38,22-14-24(33)23(32)15-25(22)34)27(19-7-4-8-20(31)13-19)28(36)29(40)35-12-11-21(39)16-37/h4,7-8,13-15,18,21,26-28,37-39H,2-3,5-6,9-12,16-17,34H2,1H3,(H,35,40)/t21-,26-,27+,28-,30-/m1/s1. The van der Waals surface area contributed by atoms with Crippen molar-refractivity contribution in [3.8, 4) is 0 Å². The highest BCUT2D eigenvalue weighted by Crippen LogP contribution is 2.55. The highest BCUT2D eigenvalue weighted by atomic mass is 35.5. The zero-order valence-corrected chi connectivity index (χ0v) is 24.3. The van der Waals surface area contributed by atoms with E-state index in [1.165, 1.54) is 25.0 Å². The monoisotopic (exact) mass is 595 g/mol. The van der Waals surface area contributed by atoms with Crippen LogP contribution < -0.4 is 11.1 Å². The maximum atomic E-state index is 15.1. The molecule has 1 aliphatic carbocycles. The Kier molecular flexibility index (Phi) is 10.4. The van der Waals surface area contributed by atoms with E-state index in [9.17, 15) is 20.1 Å². The van der Waals surface area contributed by atoms with Crippen molar-refractivity contribution >= 4 is 34.8 Å². The summed E-state index contributed by atoms with van der Waals surface area (Å²) in [6.45, 7) is -0.630. The molecule has 4 rings (SSSR count). The zero-order valence-electron chi connectivity index (χ0n) is 22.8. The molecule has 10 heteroatoms. The largest absolute Gasteiger partial charge is 0.398 e. The van der Waals surface area contributed by atoms with Crippen molar-refractivity contribution in [1.29, 1.82) is 0 Å². The lowest BCUT2D eigenvalue weighted by Gasteiger charge is -2.41. The third kappa shape index (κ3) is 6.13. The smallest absolute Gasteiger partial charge is 0.238 e. The van der Waals surface area contributed by atoms with Crippen molar-refractivity contribution in [2.75, 3.05) is 32.5 Å². The number of hydrogen-bond acceptors (Lipinski definition) is 6. The summed E-state index contributed by atoms with van der Waals surface area (Å²) in [7, 11) is 1.86.